The first-order chi connectivity index (χ1) is 8.49. The number of benzene rings is 1. The molecule has 1 aliphatic heterocycles. The van der Waals surface area contributed by atoms with E-state index in [2.05, 4.69) is 0 Å². The first kappa shape index (κ1) is 13.3. The van der Waals surface area contributed by atoms with Crippen molar-refractivity contribution in [2.75, 3.05) is 0 Å². The fourth-order valence-electron chi connectivity index (χ4n) is 1.93. The van der Waals surface area contributed by atoms with Gasteiger partial charge in [-0.1, -0.05) is 12.1 Å². The molecule has 5 heteroatoms. The van der Waals surface area contributed by atoms with Crippen LogP contribution < -0.4 is 4.74 Å². The highest BCUT2D eigenvalue weighted by Crippen LogP contribution is 2.24. The SMILES string of the molecule is Cc1cccc(O[C@@H]2O[C@@H](C)[C@H](O)[C@@H](O)[C@H]2O)c1. The van der Waals surface area contributed by atoms with Crippen LogP contribution in [0.5, 0.6) is 5.75 Å². The van der Waals surface area contributed by atoms with E-state index in [0.717, 1.165) is 5.56 Å². The fraction of sp³-hybridized carbons (Fsp3) is 0.538. The average Bonchev–Trinajstić information content (AvgIpc) is 2.33. The lowest BCUT2D eigenvalue weighted by Gasteiger charge is -2.38. The predicted octanol–water partition coefficient (Wildman–Crippen LogP) is 0.201. The third-order valence-electron chi connectivity index (χ3n) is 3.05. The summed E-state index contributed by atoms with van der Waals surface area (Å²) in [5, 5.41) is 29.0. The zero-order valence-corrected chi connectivity index (χ0v) is 10.4. The van der Waals surface area contributed by atoms with Crippen LogP contribution in [0.4, 0.5) is 0 Å². The molecular weight excluding hydrogens is 236 g/mol. The Morgan fingerprint density at radius 1 is 1.11 bits per heavy atom. The van der Waals surface area contributed by atoms with Crippen LogP contribution in [-0.2, 0) is 4.74 Å². The molecule has 1 heterocycles. The maximum Gasteiger partial charge on any atom is 0.229 e. The molecule has 0 bridgehead atoms. The molecule has 3 N–H and O–H groups in total. The van der Waals surface area contributed by atoms with Gasteiger partial charge in [-0.25, -0.2) is 0 Å². The molecule has 1 aromatic carbocycles. The van der Waals surface area contributed by atoms with E-state index in [1.54, 1.807) is 19.1 Å². The molecule has 0 aliphatic carbocycles. The summed E-state index contributed by atoms with van der Waals surface area (Å²) in [4.78, 5) is 0. The van der Waals surface area contributed by atoms with Gasteiger partial charge in [-0.3, -0.25) is 0 Å². The minimum atomic E-state index is -1.28. The number of hydrogen-bond acceptors (Lipinski definition) is 5. The summed E-state index contributed by atoms with van der Waals surface area (Å²) in [7, 11) is 0. The minimum absolute atomic E-state index is 0.551. The maximum atomic E-state index is 9.80. The molecule has 0 aromatic heterocycles. The molecule has 2 rings (SSSR count). The standard InChI is InChI=1S/C13H18O5/c1-7-4-3-5-9(6-7)18-13-12(16)11(15)10(14)8(2)17-13/h3-6,8,10-16H,1-2H3/t8-,10-,11+,12+,13-/m0/s1. The molecule has 1 aromatic rings. The Labute approximate surface area is 106 Å². The molecule has 1 fully saturated rings. The number of aliphatic hydroxyl groups excluding tert-OH is 3. The van der Waals surface area contributed by atoms with E-state index in [9.17, 15) is 15.3 Å². The van der Waals surface area contributed by atoms with Crippen LogP contribution in [0.25, 0.3) is 0 Å². The number of aliphatic hydroxyl groups is 3. The second-order valence-corrected chi connectivity index (χ2v) is 4.62. The van der Waals surface area contributed by atoms with Crippen molar-refractivity contribution in [3.8, 4) is 5.75 Å². The first-order valence-electron chi connectivity index (χ1n) is 5.92. The molecule has 5 atom stereocenters. The molecule has 0 spiro atoms. The van der Waals surface area contributed by atoms with Crippen LogP contribution in [0.1, 0.15) is 12.5 Å². The van der Waals surface area contributed by atoms with Crippen LogP contribution in [0.2, 0.25) is 0 Å². The van der Waals surface area contributed by atoms with Crippen LogP contribution in [0.15, 0.2) is 24.3 Å². The van der Waals surface area contributed by atoms with Crippen molar-refractivity contribution in [3.63, 3.8) is 0 Å². The lowest BCUT2D eigenvalue weighted by Crippen LogP contribution is -2.58. The molecule has 5 nitrogen and oxygen atoms in total. The van der Waals surface area contributed by atoms with Gasteiger partial charge in [0.2, 0.25) is 6.29 Å². The third kappa shape index (κ3) is 2.64. The first-order valence-corrected chi connectivity index (χ1v) is 5.92. The quantitative estimate of drug-likeness (QED) is 0.702. The van der Waals surface area contributed by atoms with Crippen LogP contribution in [0.3, 0.4) is 0 Å². The van der Waals surface area contributed by atoms with Gasteiger partial charge in [-0.05, 0) is 31.5 Å². The summed E-state index contributed by atoms with van der Waals surface area (Å²) >= 11 is 0. The zero-order chi connectivity index (χ0) is 13.3. The third-order valence-corrected chi connectivity index (χ3v) is 3.05. The van der Waals surface area contributed by atoms with Crippen LogP contribution in [-0.4, -0.2) is 46.0 Å². The van der Waals surface area contributed by atoms with Crippen molar-refractivity contribution in [2.45, 2.75) is 44.6 Å². The highest BCUT2D eigenvalue weighted by Gasteiger charge is 2.43. The lowest BCUT2D eigenvalue weighted by molar-refractivity contribution is -0.268. The van der Waals surface area contributed by atoms with E-state index in [-0.39, 0.29) is 0 Å². The predicted molar refractivity (Wildman–Crippen MR) is 64.2 cm³/mol. The summed E-state index contributed by atoms with van der Waals surface area (Å²) in [5.74, 6) is 0.551. The van der Waals surface area contributed by atoms with E-state index in [1.807, 2.05) is 19.1 Å². The number of rotatable bonds is 2. The molecular formula is C13H18O5. The summed E-state index contributed by atoms with van der Waals surface area (Å²) in [6.07, 6.45) is -5.25. The van der Waals surface area contributed by atoms with Gasteiger partial charge in [-0.2, -0.15) is 0 Å². The van der Waals surface area contributed by atoms with Crippen molar-refractivity contribution in [1.82, 2.24) is 0 Å². The second-order valence-electron chi connectivity index (χ2n) is 4.62. The number of ether oxygens (including phenoxy) is 2. The lowest BCUT2D eigenvalue weighted by atomic mass is 10.00. The summed E-state index contributed by atoms with van der Waals surface area (Å²) in [5.41, 5.74) is 1.02. The summed E-state index contributed by atoms with van der Waals surface area (Å²) in [6, 6.07) is 7.30. The van der Waals surface area contributed by atoms with Crippen molar-refractivity contribution in [3.05, 3.63) is 29.8 Å². The van der Waals surface area contributed by atoms with Gasteiger partial charge in [0, 0.05) is 0 Å². The average molecular weight is 254 g/mol. The van der Waals surface area contributed by atoms with Crippen LogP contribution >= 0.6 is 0 Å². The van der Waals surface area contributed by atoms with E-state index >= 15 is 0 Å². The van der Waals surface area contributed by atoms with Gasteiger partial charge in [0.05, 0.1) is 6.10 Å². The number of hydrogen-bond donors (Lipinski definition) is 3. The Bertz CT molecular complexity index is 408. The van der Waals surface area contributed by atoms with Crippen LogP contribution in [0, 0.1) is 6.92 Å². The Kier molecular flexibility index (Phi) is 3.87. The fourth-order valence-corrected chi connectivity index (χ4v) is 1.93. The van der Waals surface area contributed by atoms with Gasteiger partial charge in [0.1, 0.15) is 24.1 Å². The molecule has 0 amide bonds. The molecule has 1 aliphatic rings. The minimum Gasteiger partial charge on any atom is -0.462 e. The summed E-state index contributed by atoms with van der Waals surface area (Å²) in [6.45, 7) is 3.54. The molecule has 0 unspecified atom stereocenters. The monoisotopic (exact) mass is 254 g/mol. The van der Waals surface area contributed by atoms with Gasteiger partial charge in [0.15, 0.2) is 0 Å². The highest BCUT2D eigenvalue weighted by atomic mass is 16.7. The molecule has 0 radical (unpaired) electrons. The van der Waals surface area contributed by atoms with Crippen molar-refractivity contribution >= 4 is 0 Å². The second kappa shape index (κ2) is 5.24. The Balaban J connectivity index is 2.09. The van der Waals surface area contributed by atoms with E-state index in [4.69, 9.17) is 9.47 Å². The van der Waals surface area contributed by atoms with Crippen molar-refractivity contribution < 1.29 is 24.8 Å². The van der Waals surface area contributed by atoms with E-state index in [1.165, 1.54) is 0 Å². The molecule has 1 saturated heterocycles. The Morgan fingerprint density at radius 3 is 2.50 bits per heavy atom. The summed E-state index contributed by atoms with van der Waals surface area (Å²) < 4.78 is 10.8. The highest BCUT2D eigenvalue weighted by molar-refractivity contribution is 5.27. The normalized spacial score (nSPS) is 36.4. The molecule has 100 valence electrons. The van der Waals surface area contributed by atoms with Crippen molar-refractivity contribution in [2.24, 2.45) is 0 Å². The number of aryl methyl sites for hydroxylation is 1. The Morgan fingerprint density at radius 2 is 1.83 bits per heavy atom. The van der Waals surface area contributed by atoms with Crippen molar-refractivity contribution in [1.29, 1.82) is 0 Å². The Hall–Kier alpha value is -1.14. The smallest absolute Gasteiger partial charge is 0.229 e. The largest absolute Gasteiger partial charge is 0.462 e. The maximum absolute atomic E-state index is 9.80. The van der Waals surface area contributed by atoms with Gasteiger partial charge < -0.3 is 24.8 Å². The molecule has 18 heavy (non-hydrogen) atoms. The van der Waals surface area contributed by atoms with E-state index in [0.29, 0.717) is 5.75 Å². The topological polar surface area (TPSA) is 79.2 Å². The van der Waals surface area contributed by atoms with E-state index < -0.39 is 30.7 Å². The van der Waals surface area contributed by atoms with Gasteiger partial charge >= 0.3 is 0 Å². The van der Waals surface area contributed by atoms with Gasteiger partial charge in [0.25, 0.3) is 0 Å². The zero-order valence-electron chi connectivity index (χ0n) is 10.4. The molecule has 0 saturated carbocycles. The van der Waals surface area contributed by atoms with Gasteiger partial charge in [-0.15, -0.1) is 0 Å².